The number of rotatable bonds is 4. The largest absolute Gasteiger partial charge is 0.385 e. The summed E-state index contributed by atoms with van der Waals surface area (Å²) in [6.45, 7) is 2.53. The maximum Gasteiger partial charge on any atom is 0.257 e. The predicted octanol–water partition coefficient (Wildman–Crippen LogP) is 3.65. The van der Waals surface area contributed by atoms with Crippen LogP contribution in [-0.2, 0) is 0 Å². The van der Waals surface area contributed by atoms with Crippen molar-refractivity contribution >= 4 is 17.3 Å². The molecule has 2 rings (SSSR count). The number of amides is 1. The quantitative estimate of drug-likeness (QED) is 0.895. The standard InChI is InChI=1S/C15H14F2N2O/c1-2-18-13-9-4-3-6-10(13)15(20)19-14-11(16)7-5-8-12(14)17/h3-9,18H,2H2,1H3,(H,19,20). The summed E-state index contributed by atoms with van der Waals surface area (Å²) in [5.74, 6) is -2.18. The molecule has 0 fully saturated rings. The number of nitrogens with one attached hydrogen (secondary N) is 2. The lowest BCUT2D eigenvalue weighted by Gasteiger charge is -2.11. The first-order chi connectivity index (χ1) is 9.63. The van der Waals surface area contributed by atoms with Crippen molar-refractivity contribution in [3.8, 4) is 0 Å². The zero-order chi connectivity index (χ0) is 14.5. The molecule has 1 amide bonds. The lowest BCUT2D eigenvalue weighted by Crippen LogP contribution is -2.16. The number of hydrogen-bond donors (Lipinski definition) is 2. The normalized spacial score (nSPS) is 10.2. The Labute approximate surface area is 115 Å². The molecule has 0 saturated carbocycles. The van der Waals surface area contributed by atoms with E-state index in [-0.39, 0.29) is 0 Å². The van der Waals surface area contributed by atoms with Crippen molar-refractivity contribution in [2.75, 3.05) is 17.2 Å². The fourth-order valence-electron chi connectivity index (χ4n) is 1.82. The molecule has 0 radical (unpaired) electrons. The minimum Gasteiger partial charge on any atom is -0.385 e. The van der Waals surface area contributed by atoms with Crippen LogP contribution >= 0.6 is 0 Å². The molecule has 0 atom stereocenters. The first-order valence-corrected chi connectivity index (χ1v) is 6.21. The van der Waals surface area contributed by atoms with E-state index in [1.54, 1.807) is 24.3 Å². The van der Waals surface area contributed by atoms with Gasteiger partial charge in [-0.1, -0.05) is 18.2 Å². The lowest BCUT2D eigenvalue weighted by molar-refractivity contribution is 0.102. The molecule has 104 valence electrons. The Balaban J connectivity index is 2.29. The Bertz CT molecular complexity index is 609. The van der Waals surface area contributed by atoms with Crippen LogP contribution < -0.4 is 10.6 Å². The molecule has 0 unspecified atom stereocenters. The molecule has 0 aliphatic carbocycles. The average Bonchev–Trinajstić information content (AvgIpc) is 2.44. The van der Waals surface area contributed by atoms with Gasteiger partial charge in [0.2, 0.25) is 0 Å². The molecule has 2 aromatic carbocycles. The minimum absolute atomic E-state index is 0.331. The molecule has 2 N–H and O–H groups in total. The number of carbonyl (C=O) groups is 1. The van der Waals surface area contributed by atoms with Crippen molar-refractivity contribution in [3.63, 3.8) is 0 Å². The van der Waals surface area contributed by atoms with Crippen LogP contribution in [0.15, 0.2) is 42.5 Å². The van der Waals surface area contributed by atoms with Gasteiger partial charge in [-0.05, 0) is 31.2 Å². The van der Waals surface area contributed by atoms with Crippen LogP contribution in [0.2, 0.25) is 0 Å². The molecule has 0 aliphatic rings. The van der Waals surface area contributed by atoms with Gasteiger partial charge in [0.1, 0.15) is 17.3 Å². The van der Waals surface area contributed by atoms with Crippen molar-refractivity contribution in [2.45, 2.75) is 6.92 Å². The van der Waals surface area contributed by atoms with Gasteiger partial charge in [-0.3, -0.25) is 4.79 Å². The van der Waals surface area contributed by atoms with Crippen molar-refractivity contribution < 1.29 is 13.6 Å². The van der Waals surface area contributed by atoms with Crippen LogP contribution in [0.1, 0.15) is 17.3 Å². The predicted molar refractivity (Wildman–Crippen MR) is 74.9 cm³/mol. The zero-order valence-corrected chi connectivity index (χ0v) is 10.9. The summed E-state index contributed by atoms with van der Waals surface area (Å²) in [5.41, 5.74) is 0.505. The van der Waals surface area contributed by atoms with Crippen LogP contribution in [-0.4, -0.2) is 12.5 Å². The summed E-state index contributed by atoms with van der Waals surface area (Å²) in [6, 6.07) is 10.2. The lowest BCUT2D eigenvalue weighted by atomic mass is 10.1. The maximum atomic E-state index is 13.5. The average molecular weight is 276 g/mol. The molecular weight excluding hydrogens is 262 g/mol. The molecule has 5 heteroatoms. The molecule has 0 heterocycles. The number of carbonyl (C=O) groups excluding carboxylic acids is 1. The monoisotopic (exact) mass is 276 g/mol. The molecule has 0 aliphatic heterocycles. The first kappa shape index (κ1) is 14.0. The summed E-state index contributed by atoms with van der Waals surface area (Å²) in [4.78, 5) is 12.1. The zero-order valence-electron chi connectivity index (χ0n) is 10.9. The van der Waals surface area contributed by atoms with Crippen molar-refractivity contribution in [3.05, 3.63) is 59.7 Å². The van der Waals surface area contributed by atoms with E-state index in [2.05, 4.69) is 10.6 Å². The Morgan fingerprint density at radius 1 is 1.05 bits per heavy atom. The summed E-state index contributed by atoms with van der Waals surface area (Å²) >= 11 is 0. The highest BCUT2D eigenvalue weighted by Gasteiger charge is 2.15. The van der Waals surface area contributed by atoms with Gasteiger partial charge in [0.25, 0.3) is 5.91 Å². The molecule has 2 aromatic rings. The molecule has 0 aromatic heterocycles. The van der Waals surface area contributed by atoms with Gasteiger partial charge in [0, 0.05) is 12.2 Å². The van der Waals surface area contributed by atoms with Crippen LogP contribution in [0.5, 0.6) is 0 Å². The summed E-state index contributed by atoms with van der Waals surface area (Å²) in [7, 11) is 0. The Hall–Kier alpha value is -2.43. The van der Waals surface area contributed by atoms with E-state index in [1.165, 1.54) is 6.07 Å². The second-order valence-corrected chi connectivity index (χ2v) is 4.13. The van der Waals surface area contributed by atoms with Gasteiger partial charge >= 0.3 is 0 Å². The number of hydrogen-bond acceptors (Lipinski definition) is 2. The number of para-hydroxylation sites is 2. The number of halogens is 2. The Morgan fingerprint density at radius 3 is 2.35 bits per heavy atom. The molecule has 0 spiro atoms. The van der Waals surface area contributed by atoms with Crippen LogP contribution in [0, 0.1) is 11.6 Å². The van der Waals surface area contributed by atoms with Crippen molar-refractivity contribution in [2.24, 2.45) is 0 Å². The third-order valence-corrected chi connectivity index (χ3v) is 2.74. The highest BCUT2D eigenvalue weighted by molar-refractivity contribution is 6.08. The number of anilines is 2. The molecular formula is C15H14F2N2O. The van der Waals surface area contributed by atoms with Crippen molar-refractivity contribution in [1.82, 2.24) is 0 Å². The van der Waals surface area contributed by atoms with E-state index in [0.29, 0.717) is 17.8 Å². The maximum absolute atomic E-state index is 13.5. The highest BCUT2D eigenvalue weighted by atomic mass is 19.1. The second-order valence-electron chi connectivity index (χ2n) is 4.13. The van der Waals surface area contributed by atoms with Gasteiger partial charge in [-0.2, -0.15) is 0 Å². The summed E-state index contributed by atoms with van der Waals surface area (Å²) < 4.78 is 27.0. The third-order valence-electron chi connectivity index (χ3n) is 2.74. The minimum atomic E-state index is -0.806. The van der Waals surface area contributed by atoms with E-state index >= 15 is 0 Å². The van der Waals surface area contributed by atoms with Crippen LogP contribution in [0.4, 0.5) is 20.2 Å². The van der Waals surface area contributed by atoms with E-state index in [1.807, 2.05) is 6.92 Å². The van der Waals surface area contributed by atoms with Crippen LogP contribution in [0.25, 0.3) is 0 Å². The second kappa shape index (κ2) is 6.14. The summed E-state index contributed by atoms with van der Waals surface area (Å²) in [5, 5.41) is 5.29. The molecule has 3 nitrogen and oxygen atoms in total. The smallest absolute Gasteiger partial charge is 0.257 e. The van der Waals surface area contributed by atoms with Gasteiger partial charge < -0.3 is 10.6 Å². The SMILES string of the molecule is CCNc1ccccc1C(=O)Nc1c(F)cccc1F. The Morgan fingerprint density at radius 2 is 1.70 bits per heavy atom. The van der Waals surface area contributed by atoms with Gasteiger partial charge in [-0.25, -0.2) is 8.78 Å². The van der Waals surface area contributed by atoms with Crippen LogP contribution in [0.3, 0.4) is 0 Å². The molecule has 0 saturated heterocycles. The van der Waals surface area contributed by atoms with E-state index in [0.717, 1.165) is 12.1 Å². The van der Waals surface area contributed by atoms with Gasteiger partial charge in [0.05, 0.1) is 5.56 Å². The van der Waals surface area contributed by atoms with E-state index < -0.39 is 23.2 Å². The topological polar surface area (TPSA) is 41.1 Å². The Kier molecular flexibility index (Phi) is 4.30. The highest BCUT2D eigenvalue weighted by Crippen LogP contribution is 2.21. The van der Waals surface area contributed by atoms with E-state index in [9.17, 15) is 13.6 Å². The molecule has 0 bridgehead atoms. The third kappa shape index (κ3) is 2.93. The molecule has 20 heavy (non-hydrogen) atoms. The van der Waals surface area contributed by atoms with E-state index in [4.69, 9.17) is 0 Å². The fraction of sp³-hybridized carbons (Fsp3) is 0.133. The summed E-state index contributed by atoms with van der Waals surface area (Å²) in [6.07, 6.45) is 0. The van der Waals surface area contributed by atoms with Gasteiger partial charge in [-0.15, -0.1) is 0 Å². The fourth-order valence-corrected chi connectivity index (χ4v) is 1.82. The number of benzene rings is 2. The van der Waals surface area contributed by atoms with Crippen molar-refractivity contribution in [1.29, 1.82) is 0 Å². The first-order valence-electron chi connectivity index (χ1n) is 6.21. The van der Waals surface area contributed by atoms with Gasteiger partial charge in [0.15, 0.2) is 0 Å².